The van der Waals surface area contributed by atoms with Gasteiger partial charge in [0.1, 0.15) is 0 Å². The number of halogens is 1. The number of carbonyl (C=O) groups is 1. The van der Waals surface area contributed by atoms with Gasteiger partial charge < -0.3 is 0 Å². The summed E-state index contributed by atoms with van der Waals surface area (Å²) in [5.41, 5.74) is 2.58. The maximum atomic E-state index is 13.5. The predicted molar refractivity (Wildman–Crippen MR) is 116 cm³/mol. The van der Waals surface area contributed by atoms with Crippen LogP contribution in [-0.4, -0.2) is 5.78 Å². The van der Waals surface area contributed by atoms with Gasteiger partial charge in [0, 0.05) is 10.4 Å². The zero-order valence-electron chi connectivity index (χ0n) is 17.3. The van der Waals surface area contributed by atoms with Gasteiger partial charge in [-0.25, -0.2) is 0 Å². The van der Waals surface area contributed by atoms with Crippen LogP contribution >= 0.6 is 11.6 Å². The highest BCUT2D eigenvalue weighted by atomic mass is 35.5. The van der Waals surface area contributed by atoms with Gasteiger partial charge in [0.05, 0.1) is 0 Å². The maximum Gasteiger partial charge on any atom is 0.165 e. The fourth-order valence-electron chi connectivity index (χ4n) is 7.85. The van der Waals surface area contributed by atoms with Gasteiger partial charge in [0.2, 0.25) is 0 Å². The second-order valence-corrected chi connectivity index (χ2v) is 11.0. The Balaban J connectivity index is 1.45. The van der Waals surface area contributed by atoms with Crippen LogP contribution in [0.2, 0.25) is 5.02 Å². The van der Waals surface area contributed by atoms with Crippen LogP contribution in [0.15, 0.2) is 29.8 Å². The van der Waals surface area contributed by atoms with Crippen molar-refractivity contribution in [1.82, 2.24) is 0 Å². The van der Waals surface area contributed by atoms with Crippen molar-refractivity contribution >= 4 is 23.5 Å². The van der Waals surface area contributed by atoms with Crippen LogP contribution < -0.4 is 0 Å². The average Bonchev–Trinajstić information content (AvgIpc) is 2.94. The van der Waals surface area contributed by atoms with Crippen LogP contribution in [0.4, 0.5) is 0 Å². The Morgan fingerprint density at radius 1 is 0.964 bits per heavy atom. The van der Waals surface area contributed by atoms with Gasteiger partial charge in [-0.2, -0.15) is 0 Å². The first-order chi connectivity index (χ1) is 13.4. The molecule has 0 radical (unpaired) electrons. The lowest BCUT2D eigenvalue weighted by atomic mass is 9.45. The van der Waals surface area contributed by atoms with E-state index in [2.05, 4.69) is 19.9 Å². The first kappa shape index (κ1) is 18.9. The largest absolute Gasteiger partial charge is 0.294 e. The Hall–Kier alpha value is -1.08. The molecule has 0 N–H and O–H groups in total. The van der Waals surface area contributed by atoms with Gasteiger partial charge in [-0.3, -0.25) is 4.79 Å². The molecular formula is C26H33ClO. The molecule has 5 rings (SSSR count). The van der Waals surface area contributed by atoms with E-state index in [0.717, 1.165) is 46.8 Å². The van der Waals surface area contributed by atoms with E-state index in [1.54, 1.807) is 0 Å². The number of ketones is 1. The second kappa shape index (κ2) is 6.73. The highest BCUT2D eigenvalue weighted by Gasteiger charge is 2.60. The van der Waals surface area contributed by atoms with Crippen molar-refractivity contribution < 1.29 is 4.79 Å². The van der Waals surface area contributed by atoms with Crippen LogP contribution in [0.1, 0.15) is 77.2 Å². The summed E-state index contributed by atoms with van der Waals surface area (Å²) in [5, 5.41) is 0.751. The molecule has 0 saturated heterocycles. The number of Topliss-reactive ketones (excluding diaryl/α,β-unsaturated/α-hetero) is 1. The van der Waals surface area contributed by atoms with E-state index < -0.39 is 0 Å². The molecular weight excluding hydrogens is 364 g/mol. The SMILES string of the molecule is C[C@]12CCCC[C@H]1CC[C@@H]1[C@@H]2CC[C@]2(C)C(=O)/C(=C/c3ccc(Cl)cc3)C[C@@H]12. The minimum Gasteiger partial charge on any atom is -0.294 e. The molecule has 0 bridgehead atoms. The highest BCUT2D eigenvalue weighted by Crippen LogP contribution is 2.66. The maximum absolute atomic E-state index is 13.5. The molecule has 1 aromatic rings. The van der Waals surface area contributed by atoms with E-state index >= 15 is 0 Å². The predicted octanol–water partition coefficient (Wildman–Crippen LogP) is 7.34. The molecule has 6 atom stereocenters. The quantitative estimate of drug-likeness (QED) is 0.454. The minimum atomic E-state index is -0.128. The molecule has 4 aliphatic carbocycles. The van der Waals surface area contributed by atoms with Crippen molar-refractivity contribution in [3.8, 4) is 0 Å². The summed E-state index contributed by atoms with van der Waals surface area (Å²) >= 11 is 6.04. The van der Waals surface area contributed by atoms with Crippen molar-refractivity contribution in [2.24, 2.45) is 34.5 Å². The summed E-state index contributed by atoms with van der Waals surface area (Å²) in [6.45, 7) is 4.89. The third-order valence-corrected chi connectivity index (χ3v) is 9.69. The first-order valence-corrected chi connectivity index (χ1v) is 11.8. The molecule has 4 fully saturated rings. The molecule has 28 heavy (non-hydrogen) atoms. The highest BCUT2D eigenvalue weighted by molar-refractivity contribution is 6.30. The van der Waals surface area contributed by atoms with E-state index in [9.17, 15) is 4.79 Å². The molecule has 0 aromatic heterocycles. The molecule has 4 aliphatic rings. The molecule has 2 heteroatoms. The smallest absolute Gasteiger partial charge is 0.165 e. The second-order valence-electron chi connectivity index (χ2n) is 10.6. The van der Waals surface area contributed by atoms with E-state index in [4.69, 9.17) is 11.6 Å². The van der Waals surface area contributed by atoms with E-state index in [1.165, 1.54) is 44.9 Å². The Morgan fingerprint density at radius 2 is 1.75 bits per heavy atom. The topological polar surface area (TPSA) is 17.1 Å². The average molecular weight is 397 g/mol. The number of rotatable bonds is 1. The van der Waals surface area contributed by atoms with Gasteiger partial charge in [0.25, 0.3) is 0 Å². The first-order valence-electron chi connectivity index (χ1n) is 11.4. The molecule has 1 aromatic carbocycles. The van der Waals surface area contributed by atoms with Crippen molar-refractivity contribution in [1.29, 1.82) is 0 Å². The minimum absolute atomic E-state index is 0.128. The number of carbonyl (C=O) groups excluding carboxylic acids is 1. The molecule has 0 spiro atoms. The molecule has 0 heterocycles. The summed E-state index contributed by atoms with van der Waals surface area (Å²) in [4.78, 5) is 13.5. The number of hydrogen-bond acceptors (Lipinski definition) is 1. The summed E-state index contributed by atoms with van der Waals surface area (Å²) in [7, 11) is 0. The van der Waals surface area contributed by atoms with Crippen molar-refractivity contribution in [2.45, 2.75) is 71.6 Å². The fourth-order valence-corrected chi connectivity index (χ4v) is 7.98. The number of hydrogen-bond donors (Lipinski definition) is 0. The summed E-state index contributed by atoms with van der Waals surface area (Å²) < 4.78 is 0. The van der Waals surface area contributed by atoms with Crippen molar-refractivity contribution in [2.75, 3.05) is 0 Å². The summed E-state index contributed by atoms with van der Waals surface area (Å²) in [5.74, 6) is 3.51. The standard InChI is InChI=1S/C26H33ClO/c1-25-13-4-3-5-19(25)8-11-21-22(25)12-14-26(2)23(21)16-18(24(26)28)15-17-6-9-20(27)10-7-17/h6-7,9-10,15,19,21-23H,3-5,8,11-14,16H2,1-2H3/b18-15+/t19-,21+,22-,23-,25-,26-/m0/s1. The Morgan fingerprint density at radius 3 is 2.54 bits per heavy atom. The lowest BCUT2D eigenvalue weighted by Gasteiger charge is -2.59. The van der Waals surface area contributed by atoms with Gasteiger partial charge >= 0.3 is 0 Å². The van der Waals surface area contributed by atoms with Crippen LogP contribution in [-0.2, 0) is 4.79 Å². The number of benzene rings is 1. The zero-order valence-corrected chi connectivity index (χ0v) is 18.1. The monoisotopic (exact) mass is 396 g/mol. The number of fused-ring (bicyclic) bond motifs is 5. The van der Waals surface area contributed by atoms with Crippen LogP contribution in [0.25, 0.3) is 6.08 Å². The summed E-state index contributed by atoms with van der Waals surface area (Å²) in [6.07, 6.45) is 14.0. The lowest BCUT2D eigenvalue weighted by molar-refractivity contribution is -0.137. The number of allylic oxidation sites excluding steroid dienone is 1. The van der Waals surface area contributed by atoms with E-state index in [0.29, 0.717) is 17.1 Å². The van der Waals surface area contributed by atoms with Crippen molar-refractivity contribution in [3.05, 3.63) is 40.4 Å². The fraction of sp³-hybridized carbons (Fsp3) is 0.654. The Bertz CT molecular complexity index is 808. The molecule has 0 amide bonds. The Labute approximate surface area is 174 Å². The third kappa shape index (κ3) is 2.76. The van der Waals surface area contributed by atoms with Crippen LogP contribution in [0.3, 0.4) is 0 Å². The van der Waals surface area contributed by atoms with Crippen molar-refractivity contribution in [3.63, 3.8) is 0 Å². The molecule has 4 saturated carbocycles. The van der Waals surface area contributed by atoms with Gasteiger partial charge in [-0.05, 0) is 103 Å². The summed E-state index contributed by atoms with van der Waals surface area (Å²) in [6, 6.07) is 7.90. The molecule has 1 nitrogen and oxygen atoms in total. The molecule has 150 valence electrons. The zero-order chi connectivity index (χ0) is 19.5. The van der Waals surface area contributed by atoms with Crippen LogP contribution in [0, 0.1) is 34.5 Å². The van der Waals surface area contributed by atoms with Gasteiger partial charge in [-0.15, -0.1) is 0 Å². The molecule has 0 aliphatic heterocycles. The van der Waals surface area contributed by atoms with Gasteiger partial charge in [0.15, 0.2) is 5.78 Å². The lowest BCUT2D eigenvalue weighted by Crippen LogP contribution is -2.52. The van der Waals surface area contributed by atoms with E-state index in [-0.39, 0.29) is 5.41 Å². The Kier molecular flexibility index (Phi) is 4.54. The third-order valence-electron chi connectivity index (χ3n) is 9.43. The molecule has 0 unspecified atom stereocenters. The van der Waals surface area contributed by atoms with Gasteiger partial charge in [-0.1, -0.05) is 50.4 Å². The van der Waals surface area contributed by atoms with Crippen LogP contribution in [0.5, 0.6) is 0 Å². The van der Waals surface area contributed by atoms with E-state index in [1.807, 2.05) is 24.3 Å². The normalized spacial score (nSPS) is 44.1.